The monoisotopic (exact) mass is 231 g/mol. The Bertz CT molecular complexity index is 491. The summed E-state index contributed by atoms with van der Waals surface area (Å²) in [6.45, 7) is 6.41. The largest absolute Gasteiger partial charge is 0.380 e. The molecule has 2 rings (SSSR count). The minimum absolute atomic E-state index is 0.273. The van der Waals surface area contributed by atoms with E-state index in [2.05, 4.69) is 30.9 Å². The molecule has 0 amide bonds. The summed E-state index contributed by atoms with van der Waals surface area (Å²) < 4.78 is 5.37. The van der Waals surface area contributed by atoms with Crippen LogP contribution in [0.2, 0.25) is 0 Å². The average Bonchev–Trinajstić information content (AvgIpc) is 2.71. The van der Waals surface area contributed by atoms with Crippen LogP contribution in [-0.4, -0.2) is 10.1 Å². The Labute approximate surface area is 101 Å². The van der Waals surface area contributed by atoms with Crippen LogP contribution in [0.15, 0.2) is 29.0 Å². The highest BCUT2D eigenvalue weighted by atomic mass is 16.5. The van der Waals surface area contributed by atoms with E-state index in [4.69, 9.17) is 10.3 Å². The zero-order valence-electron chi connectivity index (χ0n) is 10.3. The molecule has 2 N–H and O–H groups in total. The summed E-state index contributed by atoms with van der Waals surface area (Å²) in [5, 5.41) is 3.87. The Balaban J connectivity index is 2.51. The molecule has 1 unspecified atom stereocenters. The minimum Gasteiger partial charge on any atom is -0.380 e. The molecule has 0 spiro atoms. The first-order chi connectivity index (χ1) is 8.11. The SMILES string of the molecule is CC(C)C(C)c1onc(N)c1-c1cccnc1. The van der Waals surface area contributed by atoms with Crippen molar-refractivity contribution in [3.8, 4) is 11.1 Å². The lowest BCUT2D eigenvalue weighted by molar-refractivity contribution is 0.341. The van der Waals surface area contributed by atoms with Crippen molar-refractivity contribution in [3.63, 3.8) is 0 Å². The molecule has 2 aromatic heterocycles. The number of hydrogen-bond acceptors (Lipinski definition) is 4. The molecule has 90 valence electrons. The first-order valence-electron chi connectivity index (χ1n) is 5.76. The molecule has 0 aliphatic rings. The van der Waals surface area contributed by atoms with Crippen molar-refractivity contribution in [2.45, 2.75) is 26.7 Å². The van der Waals surface area contributed by atoms with Crippen LogP contribution in [0, 0.1) is 5.92 Å². The molecule has 4 heteroatoms. The molecule has 0 saturated heterocycles. The predicted molar refractivity (Wildman–Crippen MR) is 67.4 cm³/mol. The lowest BCUT2D eigenvalue weighted by atomic mass is 9.91. The Morgan fingerprint density at radius 3 is 2.65 bits per heavy atom. The second-order valence-corrected chi connectivity index (χ2v) is 4.58. The van der Waals surface area contributed by atoms with Crippen LogP contribution in [0.1, 0.15) is 32.4 Å². The van der Waals surface area contributed by atoms with Crippen molar-refractivity contribution in [3.05, 3.63) is 30.3 Å². The number of aromatic nitrogens is 2. The van der Waals surface area contributed by atoms with E-state index in [1.165, 1.54) is 0 Å². The normalized spacial score (nSPS) is 12.9. The summed E-state index contributed by atoms with van der Waals surface area (Å²) in [7, 11) is 0. The van der Waals surface area contributed by atoms with E-state index in [0.29, 0.717) is 11.7 Å². The molecule has 17 heavy (non-hydrogen) atoms. The molecule has 1 atom stereocenters. The molecule has 0 bridgehead atoms. The molecule has 0 aliphatic heterocycles. The Kier molecular flexibility index (Phi) is 3.13. The molecule has 0 fully saturated rings. The van der Waals surface area contributed by atoms with Gasteiger partial charge in [-0.25, -0.2) is 0 Å². The molecular weight excluding hydrogens is 214 g/mol. The van der Waals surface area contributed by atoms with Gasteiger partial charge < -0.3 is 10.3 Å². The molecule has 2 aromatic rings. The van der Waals surface area contributed by atoms with Crippen molar-refractivity contribution in [1.82, 2.24) is 10.1 Å². The topological polar surface area (TPSA) is 64.9 Å². The van der Waals surface area contributed by atoms with Crippen LogP contribution in [0.5, 0.6) is 0 Å². The first kappa shape index (κ1) is 11.6. The Morgan fingerprint density at radius 1 is 1.29 bits per heavy atom. The lowest BCUT2D eigenvalue weighted by Crippen LogP contribution is -2.02. The van der Waals surface area contributed by atoms with Gasteiger partial charge in [-0.2, -0.15) is 0 Å². The van der Waals surface area contributed by atoms with E-state index in [-0.39, 0.29) is 5.92 Å². The van der Waals surface area contributed by atoms with E-state index in [1.807, 2.05) is 12.1 Å². The molecule has 0 aliphatic carbocycles. The van der Waals surface area contributed by atoms with Gasteiger partial charge in [0, 0.05) is 23.9 Å². The van der Waals surface area contributed by atoms with Gasteiger partial charge in [-0.3, -0.25) is 4.98 Å². The summed E-state index contributed by atoms with van der Waals surface area (Å²) >= 11 is 0. The third-order valence-corrected chi connectivity index (χ3v) is 3.11. The maximum atomic E-state index is 5.88. The lowest BCUT2D eigenvalue weighted by Gasteiger charge is -2.13. The van der Waals surface area contributed by atoms with Gasteiger partial charge in [0.15, 0.2) is 5.82 Å². The summed E-state index contributed by atoms with van der Waals surface area (Å²) in [6.07, 6.45) is 3.51. The number of nitrogens with zero attached hydrogens (tertiary/aromatic N) is 2. The molecule has 4 nitrogen and oxygen atoms in total. The van der Waals surface area contributed by atoms with E-state index in [1.54, 1.807) is 12.4 Å². The van der Waals surface area contributed by atoms with Gasteiger partial charge in [0.05, 0.1) is 5.56 Å². The summed E-state index contributed by atoms with van der Waals surface area (Å²) in [5.41, 5.74) is 7.71. The number of pyridine rings is 1. The van der Waals surface area contributed by atoms with Crippen LogP contribution < -0.4 is 5.73 Å². The molecular formula is C13H17N3O. The number of nitrogen functional groups attached to an aromatic ring is 1. The fraction of sp³-hybridized carbons (Fsp3) is 0.385. The van der Waals surface area contributed by atoms with Gasteiger partial charge in [0.25, 0.3) is 0 Å². The molecule has 0 saturated carbocycles. The third kappa shape index (κ3) is 2.16. The molecule has 0 aromatic carbocycles. The third-order valence-electron chi connectivity index (χ3n) is 3.11. The van der Waals surface area contributed by atoms with Gasteiger partial charge in [0.2, 0.25) is 0 Å². The molecule has 2 heterocycles. The zero-order valence-corrected chi connectivity index (χ0v) is 10.3. The summed E-state index contributed by atoms with van der Waals surface area (Å²) in [6, 6.07) is 3.85. The van der Waals surface area contributed by atoms with Gasteiger partial charge in [-0.05, 0) is 12.0 Å². The van der Waals surface area contributed by atoms with Crippen LogP contribution in [0.4, 0.5) is 5.82 Å². The quantitative estimate of drug-likeness (QED) is 0.881. The van der Waals surface area contributed by atoms with Crippen molar-refractivity contribution in [2.24, 2.45) is 5.92 Å². The highest BCUT2D eigenvalue weighted by Gasteiger charge is 2.23. The maximum absolute atomic E-state index is 5.88. The zero-order chi connectivity index (χ0) is 12.4. The van der Waals surface area contributed by atoms with Crippen molar-refractivity contribution in [2.75, 3.05) is 5.73 Å². The van der Waals surface area contributed by atoms with E-state index >= 15 is 0 Å². The number of rotatable bonds is 3. The smallest absolute Gasteiger partial charge is 0.175 e. The van der Waals surface area contributed by atoms with Crippen molar-refractivity contribution >= 4 is 5.82 Å². The van der Waals surface area contributed by atoms with Gasteiger partial charge in [-0.15, -0.1) is 0 Å². The average molecular weight is 231 g/mol. The fourth-order valence-corrected chi connectivity index (χ4v) is 1.73. The number of nitrogens with two attached hydrogens (primary N) is 1. The fourth-order valence-electron chi connectivity index (χ4n) is 1.73. The molecule has 0 radical (unpaired) electrons. The Hall–Kier alpha value is -1.84. The van der Waals surface area contributed by atoms with Crippen LogP contribution in [0.3, 0.4) is 0 Å². The van der Waals surface area contributed by atoms with E-state index in [0.717, 1.165) is 16.9 Å². The predicted octanol–water partition coefficient (Wildman–Crippen LogP) is 3.08. The number of hydrogen-bond donors (Lipinski definition) is 1. The van der Waals surface area contributed by atoms with E-state index in [9.17, 15) is 0 Å². The highest BCUT2D eigenvalue weighted by molar-refractivity contribution is 5.75. The maximum Gasteiger partial charge on any atom is 0.175 e. The summed E-state index contributed by atoms with van der Waals surface area (Å²) in [5.74, 6) is 2.01. The number of anilines is 1. The second-order valence-electron chi connectivity index (χ2n) is 4.58. The van der Waals surface area contributed by atoms with Crippen LogP contribution in [-0.2, 0) is 0 Å². The van der Waals surface area contributed by atoms with Crippen LogP contribution in [0.25, 0.3) is 11.1 Å². The van der Waals surface area contributed by atoms with Crippen molar-refractivity contribution in [1.29, 1.82) is 0 Å². The van der Waals surface area contributed by atoms with Gasteiger partial charge >= 0.3 is 0 Å². The van der Waals surface area contributed by atoms with Gasteiger partial charge in [-0.1, -0.05) is 32.0 Å². The minimum atomic E-state index is 0.273. The van der Waals surface area contributed by atoms with E-state index < -0.39 is 0 Å². The van der Waals surface area contributed by atoms with Gasteiger partial charge in [0.1, 0.15) is 5.76 Å². The van der Waals surface area contributed by atoms with Crippen molar-refractivity contribution < 1.29 is 4.52 Å². The van der Waals surface area contributed by atoms with Crippen LogP contribution >= 0.6 is 0 Å². The highest BCUT2D eigenvalue weighted by Crippen LogP contribution is 2.36. The Morgan fingerprint density at radius 2 is 2.06 bits per heavy atom. The standard InChI is InChI=1S/C13H17N3O/c1-8(2)9(3)12-11(13(14)16-17-12)10-5-4-6-15-7-10/h4-9H,1-3H3,(H2,14,16). The second kappa shape index (κ2) is 4.57. The summed E-state index contributed by atoms with van der Waals surface area (Å²) in [4.78, 5) is 4.10. The first-order valence-corrected chi connectivity index (χ1v) is 5.76.